The first-order chi connectivity index (χ1) is 10.7. The Balaban J connectivity index is 1.68. The SMILES string of the molecule is Cc1c(CNC(=O)C2CCNC2=O)noc1-c1ccccc1. The highest BCUT2D eigenvalue weighted by Gasteiger charge is 2.30. The smallest absolute Gasteiger partial charge is 0.232 e. The Labute approximate surface area is 127 Å². The van der Waals surface area contributed by atoms with Crippen LogP contribution in [0.2, 0.25) is 0 Å². The van der Waals surface area contributed by atoms with Crippen molar-refractivity contribution in [1.29, 1.82) is 0 Å². The summed E-state index contributed by atoms with van der Waals surface area (Å²) in [6, 6.07) is 9.68. The third-order valence-corrected chi connectivity index (χ3v) is 3.85. The van der Waals surface area contributed by atoms with Crippen molar-refractivity contribution in [2.75, 3.05) is 6.54 Å². The van der Waals surface area contributed by atoms with E-state index in [-0.39, 0.29) is 18.4 Å². The van der Waals surface area contributed by atoms with Crippen LogP contribution in [0.3, 0.4) is 0 Å². The summed E-state index contributed by atoms with van der Waals surface area (Å²) in [6.45, 7) is 2.71. The number of carbonyl (C=O) groups excluding carboxylic acids is 2. The molecule has 2 aromatic rings. The summed E-state index contributed by atoms with van der Waals surface area (Å²) in [5, 5.41) is 9.43. The van der Waals surface area contributed by atoms with Crippen LogP contribution in [-0.2, 0) is 16.1 Å². The predicted molar refractivity (Wildman–Crippen MR) is 79.6 cm³/mol. The van der Waals surface area contributed by atoms with Crippen LogP contribution in [0.4, 0.5) is 0 Å². The van der Waals surface area contributed by atoms with Crippen LogP contribution in [-0.4, -0.2) is 23.5 Å². The van der Waals surface area contributed by atoms with E-state index in [9.17, 15) is 9.59 Å². The van der Waals surface area contributed by atoms with Gasteiger partial charge in [-0.3, -0.25) is 9.59 Å². The van der Waals surface area contributed by atoms with Gasteiger partial charge in [-0.25, -0.2) is 0 Å². The van der Waals surface area contributed by atoms with E-state index < -0.39 is 5.92 Å². The third kappa shape index (κ3) is 2.72. The summed E-state index contributed by atoms with van der Waals surface area (Å²) in [6.07, 6.45) is 0.539. The molecular weight excluding hydrogens is 282 g/mol. The Kier molecular flexibility index (Phi) is 3.91. The number of carbonyl (C=O) groups is 2. The van der Waals surface area contributed by atoms with Crippen LogP contribution >= 0.6 is 0 Å². The topological polar surface area (TPSA) is 84.2 Å². The van der Waals surface area contributed by atoms with Gasteiger partial charge in [-0.1, -0.05) is 35.5 Å². The van der Waals surface area contributed by atoms with Gasteiger partial charge in [-0.2, -0.15) is 0 Å². The first-order valence-electron chi connectivity index (χ1n) is 7.23. The van der Waals surface area contributed by atoms with Crippen molar-refractivity contribution in [1.82, 2.24) is 15.8 Å². The van der Waals surface area contributed by atoms with Gasteiger partial charge in [0.05, 0.1) is 6.54 Å². The predicted octanol–water partition coefficient (Wildman–Crippen LogP) is 1.40. The van der Waals surface area contributed by atoms with E-state index >= 15 is 0 Å². The fourth-order valence-corrected chi connectivity index (χ4v) is 2.53. The van der Waals surface area contributed by atoms with Gasteiger partial charge in [0.25, 0.3) is 0 Å². The highest BCUT2D eigenvalue weighted by atomic mass is 16.5. The standard InChI is InChI=1S/C16H17N3O3/c1-10-13(9-18-16(21)12-7-8-17-15(12)20)19-22-14(10)11-5-3-2-4-6-11/h2-6,12H,7-9H2,1H3,(H,17,20)(H,18,21). The van der Waals surface area contributed by atoms with Gasteiger partial charge in [0.1, 0.15) is 11.6 Å². The summed E-state index contributed by atoms with van der Waals surface area (Å²) in [7, 11) is 0. The third-order valence-electron chi connectivity index (χ3n) is 3.85. The van der Waals surface area contributed by atoms with Gasteiger partial charge in [-0.15, -0.1) is 0 Å². The maximum Gasteiger partial charge on any atom is 0.232 e. The molecule has 1 fully saturated rings. The average molecular weight is 299 g/mol. The van der Waals surface area contributed by atoms with E-state index in [2.05, 4.69) is 15.8 Å². The first-order valence-corrected chi connectivity index (χ1v) is 7.23. The molecule has 1 aromatic heterocycles. The fourth-order valence-electron chi connectivity index (χ4n) is 2.53. The van der Waals surface area contributed by atoms with Gasteiger partial charge in [0.15, 0.2) is 5.76 Å². The lowest BCUT2D eigenvalue weighted by molar-refractivity contribution is -0.133. The molecule has 0 aliphatic carbocycles. The zero-order valence-corrected chi connectivity index (χ0v) is 12.3. The molecule has 2 heterocycles. The lowest BCUT2D eigenvalue weighted by Crippen LogP contribution is -2.34. The quantitative estimate of drug-likeness (QED) is 0.836. The molecule has 1 saturated heterocycles. The highest BCUT2D eigenvalue weighted by Crippen LogP contribution is 2.25. The lowest BCUT2D eigenvalue weighted by atomic mass is 10.1. The second-order valence-electron chi connectivity index (χ2n) is 5.30. The van der Waals surface area contributed by atoms with E-state index in [0.717, 1.165) is 11.1 Å². The average Bonchev–Trinajstić information content (AvgIpc) is 3.12. The van der Waals surface area contributed by atoms with Crippen molar-refractivity contribution in [2.45, 2.75) is 19.9 Å². The number of nitrogens with one attached hydrogen (secondary N) is 2. The van der Waals surface area contributed by atoms with Crippen molar-refractivity contribution >= 4 is 11.8 Å². The summed E-state index contributed by atoms with van der Waals surface area (Å²) in [4.78, 5) is 23.5. The summed E-state index contributed by atoms with van der Waals surface area (Å²) < 4.78 is 5.38. The molecule has 2 N–H and O–H groups in total. The monoisotopic (exact) mass is 299 g/mol. The first kappa shape index (κ1) is 14.3. The molecule has 22 heavy (non-hydrogen) atoms. The molecule has 1 aliphatic heterocycles. The number of amides is 2. The Hall–Kier alpha value is -2.63. The van der Waals surface area contributed by atoms with Crippen molar-refractivity contribution in [3.63, 3.8) is 0 Å². The van der Waals surface area contributed by atoms with Crippen LogP contribution in [0, 0.1) is 12.8 Å². The second kappa shape index (κ2) is 6.01. The van der Waals surface area contributed by atoms with Crippen LogP contribution in [0.5, 0.6) is 0 Å². The molecule has 1 atom stereocenters. The maximum atomic E-state index is 12.0. The van der Waals surface area contributed by atoms with Crippen molar-refractivity contribution < 1.29 is 14.1 Å². The fraction of sp³-hybridized carbons (Fsp3) is 0.312. The lowest BCUT2D eigenvalue weighted by Gasteiger charge is -2.07. The van der Waals surface area contributed by atoms with Gasteiger partial charge < -0.3 is 15.2 Å². The number of hydrogen-bond acceptors (Lipinski definition) is 4. The molecule has 6 nitrogen and oxygen atoms in total. The summed E-state index contributed by atoms with van der Waals surface area (Å²) >= 11 is 0. The van der Waals surface area contributed by atoms with E-state index in [1.807, 2.05) is 37.3 Å². The molecule has 2 amide bonds. The van der Waals surface area contributed by atoms with E-state index in [4.69, 9.17) is 4.52 Å². The van der Waals surface area contributed by atoms with Crippen molar-refractivity contribution in [2.24, 2.45) is 5.92 Å². The minimum absolute atomic E-state index is 0.209. The molecule has 0 spiro atoms. The minimum Gasteiger partial charge on any atom is -0.356 e. The van der Waals surface area contributed by atoms with Gasteiger partial charge >= 0.3 is 0 Å². The number of aromatic nitrogens is 1. The number of hydrogen-bond donors (Lipinski definition) is 2. The second-order valence-corrected chi connectivity index (χ2v) is 5.30. The van der Waals surface area contributed by atoms with Crippen LogP contribution in [0.15, 0.2) is 34.9 Å². The van der Waals surface area contributed by atoms with Crippen molar-refractivity contribution in [3.05, 3.63) is 41.6 Å². The van der Waals surface area contributed by atoms with E-state index in [0.29, 0.717) is 24.4 Å². The Morgan fingerprint density at radius 3 is 2.86 bits per heavy atom. The van der Waals surface area contributed by atoms with E-state index in [1.54, 1.807) is 0 Å². The van der Waals surface area contributed by atoms with Crippen LogP contribution in [0.25, 0.3) is 11.3 Å². The zero-order chi connectivity index (χ0) is 15.5. The maximum absolute atomic E-state index is 12.0. The largest absolute Gasteiger partial charge is 0.356 e. The number of rotatable bonds is 4. The Morgan fingerprint density at radius 2 is 2.18 bits per heavy atom. The molecule has 0 saturated carbocycles. The zero-order valence-electron chi connectivity index (χ0n) is 12.3. The van der Waals surface area contributed by atoms with Gasteiger partial charge in [0, 0.05) is 17.7 Å². The molecule has 0 bridgehead atoms. The normalized spacial score (nSPS) is 17.3. The van der Waals surface area contributed by atoms with Gasteiger partial charge in [0.2, 0.25) is 11.8 Å². The molecule has 1 aliphatic rings. The molecule has 3 rings (SSSR count). The number of benzene rings is 1. The molecule has 1 aromatic carbocycles. The minimum atomic E-state index is -0.596. The molecule has 1 unspecified atom stereocenters. The van der Waals surface area contributed by atoms with Crippen molar-refractivity contribution in [3.8, 4) is 11.3 Å². The number of nitrogens with zero attached hydrogens (tertiary/aromatic N) is 1. The van der Waals surface area contributed by atoms with Crippen LogP contribution < -0.4 is 10.6 Å². The molecular formula is C16H17N3O3. The Bertz CT molecular complexity index is 694. The summed E-state index contributed by atoms with van der Waals surface area (Å²) in [5.74, 6) is -0.373. The molecule has 0 radical (unpaired) electrons. The molecule has 6 heteroatoms. The van der Waals surface area contributed by atoms with E-state index in [1.165, 1.54) is 0 Å². The van der Waals surface area contributed by atoms with Crippen LogP contribution in [0.1, 0.15) is 17.7 Å². The summed E-state index contributed by atoms with van der Waals surface area (Å²) in [5.41, 5.74) is 2.51. The van der Waals surface area contributed by atoms with Gasteiger partial charge in [-0.05, 0) is 13.3 Å². The Morgan fingerprint density at radius 1 is 1.41 bits per heavy atom. The highest BCUT2D eigenvalue weighted by molar-refractivity contribution is 6.01. The molecule has 114 valence electrons.